The van der Waals surface area contributed by atoms with Gasteiger partial charge in [0, 0.05) is 11.3 Å². The molecule has 2 rings (SSSR count). The third kappa shape index (κ3) is 2.73. The lowest BCUT2D eigenvalue weighted by molar-refractivity contribution is -0.171. The number of Topliss-reactive ketones (excluding diaryl/α,β-unsaturated/α-hetero) is 1. The Bertz CT molecular complexity index is 476. The smallest absolute Gasteiger partial charge is 0.312 e. The number of hydrogen-bond donors (Lipinski definition) is 0. The molecule has 1 unspecified atom stereocenters. The summed E-state index contributed by atoms with van der Waals surface area (Å²) in [6.07, 6.45) is 2.15. The fourth-order valence-corrected chi connectivity index (χ4v) is 3.07. The first-order valence-corrected chi connectivity index (χ1v) is 7.57. The molecule has 1 aliphatic carbocycles. The van der Waals surface area contributed by atoms with Crippen LogP contribution in [0.25, 0.3) is 0 Å². The van der Waals surface area contributed by atoms with Gasteiger partial charge in [0.15, 0.2) is 5.60 Å². The molecule has 0 aromatic carbocycles. The van der Waals surface area contributed by atoms with Gasteiger partial charge in [0.2, 0.25) is 0 Å². The molecule has 0 N–H and O–H groups in total. The van der Waals surface area contributed by atoms with Crippen LogP contribution in [0.1, 0.15) is 51.3 Å². The Labute approximate surface area is 118 Å². The number of thiophene rings is 1. The minimum absolute atomic E-state index is 0.176. The van der Waals surface area contributed by atoms with Gasteiger partial charge in [-0.15, -0.1) is 11.3 Å². The minimum Gasteiger partial charge on any atom is -0.452 e. The maximum Gasteiger partial charge on any atom is 0.312 e. The summed E-state index contributed by atoms with van der Waals surface area (Å²) in [5.74, 6) is -0.0337. The van der Waals surface area contributed by atoms with Crippen LogP contribution in [0.5, 0.6) is 0 Å². The van der Waals surface area contributed by atoms with E-state index in [0.29, 0.717) is 19.3 Å². The molecular weight excluding hydrogens is 260 g/mol. The molecule has 1 aromatic heterocycles. The fraction of sp³-hybridized carbons (Fsp3) is 0.600. The normalized spacial score (nSPS) is 23.6. The second-order valence-corrected chi connectivity index (χ2v) is 6.76. The highest BCUT2D eigenvalue weighted by Crippen LogP contribution is 2.44. The standard InChI is InChI=1S/C15H20O3S/c1-4-14(2,3)13(17)18-15(8-7-11(16)10-15)12-6-5-9-19-12/h5-6,9H,4,7-8,10H2,1-3H3. The van der Waals surface area contributed by atoms with Gasteiger partial charge in [-0.1, -0.05) is 13.0 Å². The number of carbonyl (C=O) groups excluding carboxylic acids is 2. The summed E-state index contributed by atoms with van der Waals surface area (Å²) in [6.45, 7) is 5.74. The zero-order valence-corrected chi connectivity index (χ0v) is 12.5. The Morgan fingerprint density at radius 2 is 2.26 bits per heavy atom. The van der Waals surface area contributed by atoms with Gasteiger partial charge in [-0.05, 0) is 38.1 Å². The lowest BCUT2D eigenvalue weighted by Gasteiger charge is -2.31. The minimum atomic E-state index is -0.714. The molecule has 104 valence electrons. The first-order chi connectivity index (χ1) is 8.89. The van der Waals surface area contributed by atoms with E-state index in [0.717, 1.165) is 11.3 Å². The number of hydrogen-bond acceptors (Lipinski definition) is 4. The van der Waals surface area contributed by atoms with E-state index in [4.69, 9.17) is 4.74 Å². The van der Waals surface area contributed by atoms with E-state index in [-0.39, 0.29) is 11.8 Å². The van der Waals surface area contributed by atoms with Crippen molar-refractivity contribution in [3.8, 4) is 0 Å². The second-order valence-electron chi connectivity index (χ2n) is 5.81. The Kier molecular flexibility index (Phi) is 3.81. The van der Waals surface area contributed by atoms with Crippen molar-refractivity contribution in [3.05, 3.63) is 22.4 Å². The second kappa shape index (κ2) is 5.08. The number of rotatable bonds is 4. The summed E-state index contributed by atoms with van der Waals surface area (Å²) < 4.78 is 5.82. The fourth-order valence-electron chi connectivity index (χ4n) is 2.18. The van der Waals surface area contributed by atoms with E-state index in [9.17, 15) is 9.59 Å². The Morgan fingerprint density at radius 3 is 2.74 bits per heavy atom. The zero-order valence-electron chi connectivity index (χ0n) is 11.7. The maximum atomic E-state index is 12.3. The van der Waals surface area contributed by atoms with E-state index in [2.05, 4.69) is 0 Å². The molecule has 1 aliphatic rings. The number of esters is 1. The predicted molar refractivity (Wildman–Crippen MR) is 75.0 cm³/mol. The van der Waals surface area contributed by atoms with Crippen LogP contribution in [0.2, 0.25) is 0 Å². The predicted octanol–water partition coefficient (Wildman–Crippen LogP) is 3.68. The van der Waals surface area contributed by atoms with Crippen LogP contribution in [0.4, 0.5) is 0 Å². The van der Waals surface area contributed by atoms with Crippen LogP contribution in [0, 0.1) is 5.41 Å². The van der Waals surface area contributed by atoms with Crippen molar-refractivity contribution in [1.82, 2.24) is 0 Å². The largest absolute Gasteiger partial charge is 0.452 e. The van der Waals surface area contributed by atoms with Gasteiger partial charge in [-0.3, -0.25) is 9.59 Å². The lowest BCUT2D eigenvalue weighted by Crippen LogP contribution is -2.35. The topological polar surface area (TPSA) is 43.4 Å². The molecule has 1 fully saturated rings. The van der Waals surface area contributed by atoms with Crippen molar-refractivity contribution >= 4 is 23.1 Å². The number of ether oxygens (including phenoxy) is 1. The molecule has 0 saturated heterocycles. The molecule has 19 heavy (non-hydrogen) atoms. The Hall–Kier alpha value is -1.16. The van der Waals surface area contributed by atoms with Gasteiger partial charge < -0.3 is 4.74 Å². The molecule has 4 heteroatoms. The van der Waals surface area contributed by atoms with E-state index in [1.165, 1.54) is 0 Å². The van der Waals surface area contributed by atoms with E-state index in [1.807, 2.05) is 38.3 Å². The summed E-state index contributed by atoms with van der Waals surface area (Å²) in [5, 5.41) is 1.96. The summed E-state index contributed by atoms with van der Waals surface area (Å²) >= 11 is 1.55. The van der Waals surface area contributed by atoms with Crippen molar-refractivity contribution in [3.63, 3.8) is 0 Å². The van der Waals surface area contributed by atoms with Crippen molar-refractivity contribution in [2.75, 3.05) is 0 Å². The van der Waals surface area contributed by atoms with Crippen LogP contribution in [-0.2, 0) is 19.9 Å². The zero-order chi connectivity index (χ0) is 14.1. The SMILES string of the molecule is CCC(C)(C)C(=O)OC1(c2cccs2)CCC(=O)C1. The quantitative estimate of drug-likeness (QED) is 0.790. The molecule has 1 saturated carbocycles. The van der Waals surface area contributed by atoms with Gasteiger partial charge in [-0.2, -0.15) is 0 Å². The van der Waals surface area contributed by atoms with E-state index in [1.54, 1.807) is 11.3 Å². The summed E-state index contributed by atoms with van der Waals surface area (Å²) in [4.78, 5) is 25.0. The molecule has 1 atom stereocenters. The third-order valence-corrected chi connectivity index (χ3v) is 5.04. The molecule has 1 heterocycles. The first-order valence-electron chi connectivity index (χ1n) is 6.69. The molecule has 3 nitrogen and oxygen atoms in total. The van der Waals surface area contributed by atoms with Crippen molar-refractivity contribution < 1.29 is 14.3 Å². The highest BCUT2D eigenvalue weighted by Gasteiger charge is 2.46. The van der Waals surface area contributed by atoms with Crippen LogP contribution >= 0.6 is 11.3 Å². The molecule has 1 aromatic rings. The number of ketones is 1. The van der Waals surface area contributed by atoms with Gasteiger partial charge >= 0.3 is 5.97 Å². The van der Waals surface area contributed by atoms with Crippen molar-refractivity contribution in [2.24, 2.45) is 5.41 Å². The molecule has 0 spiro atoms. The van der Waals surface area contributed by atoms with Crippen molar-refractivity contribution in [2.45, 2.75) is 52.1 Å². The van der Waals surface area contributed by atoms with E-state index < -0.39 is 11.0 Å². The highest BCUT2D eigenvalue weighted by molar-refractivity contribution is 7.10. The van der Waals surface area contributed by atoms with E-state index >= 15 is 0 Å². The van der Waals surface area contributed by atoms with Gasteiger partial charge in [0.1, 0.15) is 5.78 Å². The van der Waals surface area contributed by atoms with Crippen LogP contribution < -0.4 is 0 Å². The highest BCUT2D eigenvalue weighted by atomic mass is 32.1. The van der Waals surface area contributed by atoms with Crippen LogP contribution in [0.3, 0.4) is 0 Å². The molecular formula is C15H20O3S. The first kappa shape index (κ1) is 14.3. The van der Waals surface area contributed by atoms with Gasteiger partial charge in [0.25, 0.3) is 0 Å². The molecule has 0 radical (unpaired) electrons. The molecule has 0 bridgehead atoms. The monoisotopic (exact) mass is 280 g/mol. The number of carbonyl (C=O) groups is 2. The van der Waals surface area contributed by atoms with Gasteiger partial charge in [-0.25, -0.2) is 0 Å². The average Bonchev–Trinajstić information content (AvgIpc) is 2.99. The van der Waals surface area contributed by atoms with Gasteiger partial charge in [0.05, 0.1) is 11.8 Å². The Morgan fingerprint density at radius 1 is 1.53 bits per heavy atom. The maximum absolute atomic E-state index is 12.3. The van der Waals surface area contributed by atoms with Crippen LogP contribution in [0.15, 0.2) is 17.5 Å². The lowest BCUT2D eigenvalue weighted by atomic mass is 9.89. The summed E-state index contributed by atoms with van der Waals surface area (Å²) in [7, 11) is 0. The summed E-state index contributed by atoms with van der Waals surface area (Å²) in [6, 6.07) is 3.89. The molecule has 0 amide bonds. The Balaban J connectivity index is 2.26. The van der Waals surface area contributed by atoms with Crippen molar-refractivity contribution in [1.29, 1.82) is 0 Å². The van der Waals surface area contributed by atoms with Crippen LogP contribution in [-0.4, -0.2) is 11.8 Å². The third-order valence-electron chi connectivity index (χ3n) is 3.99. The molecule has 0 aliphatic heterocycles. The summed E-state index contributed by atoms with van der Waals surface area (Å²) in [5.41, 5.74) is -1.22. The average molecular weight is 280 g/mol.